The van der Waals surface area contributed by atoms with Crippen LogP contribution in [0.5, 0.6) is 0 Å². The van der Waals surface area contributed by atoms with Gasteiger partial charge in [-0.2, -0.15) is 0 Å². The second-order valence-electron chi connectivity index (χ2n) is 6.93. The highest BCUT2D eigenvalue weighted by Gasteiger charge is 2.21. The molecular formula is C22H23N3O4. The highest BCUT2D eigenvalue weighted by molar-refractivity contribution is 6.05. The predicted octanol–water partition coefficient (Wildman–Crippen LogP) is 3.19. The Bertz CT molecular complexity index is 1010. The molecule has 3 aromatic rings. The number of nitrogens with one attached hydrogen (secondary N) is 2. The molecule has 0 spiro atoms. The fraction of sp³-hybridized carbons (Fsp3) is 0.273. The second-order valence-corrected chi connectivity index (χ2v) is 6.93. The standard InChI is InChI=1S/C22H23N3O4/c1-15(29-22(27)19-14-23-20-5-3-2-4-18(19)20)21(26)24-16-6-8-17(9-7-16)25-10-12-28-13-11-25/h2-9,14-15,23H,10-13H2,1H3,(H,24,26)/t15-/m1/s1. The predicted molar refractivity (Wildman–Crippen MR) is 111 cm³/mol. The SMILES string of the molecule is C[C@@H](OC(=O)c1c[nH]c2ccccc12)C(=O)Nc1ccc(N2CCOCC2)cc1. The minimum atomic E-state index is -0.921. The first-order chi connectivity index (χ1) is 14.1. The average molecular weight is 393 g/mol. The number of hydrogen-bond acceptors (Lipinski definition) is 5. The number of ether oxygens (including phenoxy) is 2. The van der Waals surface area contributed by atoms with Gasteiger partial charge in [-0.25, -0.2) is 4.79 Å². The number of para-hydroxylation sites is 1. The van der Waals surface area contributed by atoms with E-state index >= 15 is 0 Å². The molecule has 0 saturated carbocycles. The van der Waals surface area contributed by atoms with E-state index in [4.69, 9.17) is 9.47 Å². The van der Waals surface area contributed by atoms with Gasteiger partial charge in [0.25, 0.3) is 5.91 Å². The summed E-state index contributed by atoms with van der Waals surface area (Å²) in [6.45, 7) is 4.71. The van der Waals surface area contributed by atoms with Gasteiger partial charge in [-0.15, -0.1) is 0 Å². The number of aromatic nitrogens is 1. The number of carbonyl (C=O) groups excluding carboxylic acids is 2. The highest BCUT2D eigenvalue weighted by Crippen LogP contribution is 2.21. The van der Waals surface area contributed by atoms with Crippen molar-refractivity contribution in [1.82, 2.24) is 4.98 Å². The molecule has 150 valence electrons. The van der Waals surface area contributed by atoms with E-state index in [-0.39, 0.29) is 5.91 Å². The highest BCUT2D eigenvalue weighted by atomic mass is 16.5. The molecule has 7 nitrogen and oxygen atoms in total. The van der Waals surface area contributed by atoms with Crippen molar-refractivity contribution < 1.29 is 19.1 Å². The van der Waals surface area contributed by atoms with Gasteiger partial charge in [-0.1, -0.05) is 18.2 Å². The molecule has 2 N–H and O–H groups in total. The maximum Gasteiger partial charge on any atom is 0.341 e. The van der Waals surface area contributed by atoms with Gasteiger partial charge in [0.15, 0.2) is 6.10 Å². The largest absolute Gasteiger partial charge is 0.449 e. The number of aromatic amines is 1. The zero-order valence-electron chi connectivity index (χ0n) is 16.2. The lowest BCUT2D eigenvalue weighted by molar-refractivity contribution is -0.123. The van der Waals surface area contributed by atoms with E-state index in [0.29, 0.717) is 11.3 Å². The zero-order valence-corrected chi connectivity index (χ0v) is 16.2. The van der Waals surface area contributed by atoms with Crippen molar-refractivity contribution >= 4 is 34.2 Å². The number of anilines is 2. The topological polar surface area (TPSA) is 83.7 Å². The molecule has 1 amide bonds. The van der Waals surface area contributed by atoms with E-state index in [1.165, 1.54) is 0 Å². The number of rotatable bonds is 5. The quantitative estimate of drug-likeness (QED) is 0.651. The Hall–Kier alpha value is -3.32. The van der Waals surface area contributed by atoms with E-state index in [2.05, 4.69) is 15.2 Å². The van der Waals surface area contributed by atoms with Gasteiger partial charge in [0.05, 0.1) is 18.8 Å². The lowest BCUT2D eigenvalue weighted by atomic mass is 10.2. The molecule has 0 bridgehead atoms. The maximum absolute atomic E-state index is 12.5. The summed E-state index contributed by atoms with van der Waals surface area (Å²) in [4.78, 5) is 30.2. The summed E-state index contributed by atoms with van der Waals surface area (Å²) in [7, 11) is 0. The van der Waals surface area contributed by atoms with E-state index in [1.54, 1.807) is 13.1 Å². The monoisotopic (exact) mass is 393 g/mol. The van der Waals surface area contributed by atoms with Gasteiger partial charge in [-0.3, -0.25) is 4.79 Å². The van der Waals surface area contributed by atoms with Crippen molar-refractivity contribution in [3.05, 3.63) is 60.3 Å². The van der Waals surface area contributed by atoms with Crippen LogP contribution in [0, 0.1) is 0 Å². The minimum Gasteiger partial charge on any atom is -0.449 e. The van der Waals surface area contributed by atoms with Gasteiger partial charge in [0.1, 0.15) is 0 Å². The van der Waals surface area contributed by atoms with Crippen LogP contribution in [0.15, 0.2) is 54.7 Å². The molecule has 2 aromatic carbocycles. The summed E-state index contributed by atoms with van der Waals surface area (Å²) >= 11 is 0. The van der Waals surface area contributed by atoms with Crippen LogP contribution in [-0.2, 0) is 14.3 Å². The number of amides is 1. The summed E-state index contributed by atoms with van der Waals surface area (Å²) < 4.78 is 10.7. The number of hydrogen-bond donors (Lipinski definition) is 2. The van der Waals surface area contributed by atoms with Crippen LogP contribution in [0.4, 0.5) is 11.4 Å². The summed E-state index contributed by atoms with van der Waals surface area (Å²) in [5.41, 5.74) is 3.00. The van der Waals surface area contributed by atoms with Crippen molar-refractivity contribution in [3.63, 3.8) is 0 Å². The normalized spacial score (nSPS) is 15.1. The second kappa shape index (κ2) is 8.36. The number of morpholine rings is 1. The number of H-pyrrole nitrogens is 1. The van der Waals surface area contributed by atoms with E-state index in [9.17, 15) is 9.59 Å². The van der Waals surface area contributed by atoms with Gasteiger partial charge < -0.3 is 24.7 Å². The molecule has 1 saturated heterocycles. The van der Waals surface area contributed by atoms with Crippen LogP contribution >= 0.6 is 0 Å². The molecule has 0 aliphatic carbocycles. The number of carbonyl (C=O) groups is 2. The van der Waals surface area contributed by atoms with E-state index < -0.39 is 12.1 Å². The first kappa shape index (κ1) is 19.0. The summed E-state index contributed by atoms with van der Waals surface area (Å²) in [6.07, 6.45) is 0.678. The molecule has 1 fully saturated rings. The molecule has 2 heterocycles. The summed E-state index contributed by atoms with van der Waals surface area (Å²) in [6, 6.07) is 15.1. The Kier molecular flexibility index (Phi) is 5.48. The first-order valence-electron chi connectivity index (χ1n) is 9.62. The van der Waals surface area contributed by atoms with Crippen LogP contribution in [0.2, 0.25) is 0 Å². The third-order valence-electron chi connectivity index (χ3n) is 4.97. The number of fused-ring (bicyclic) bond motifs is 1. The first-order valence-corrected chi connectivity index (χ1v) is 9.62. The average Bonchev–Trinajstić information content (AvgIpc) is 3.19. The molecular weight excluding hydrogens is 370 g/mol. The van der Waals surface area contributed by atoms with Gasteiger partial charge in [0, 0.05) is 41.6 Å². The van der Waals surface area contributed by atoms with Crippen LogP contribution in [0.1, 0.15) is 17.3 Å². The number of esters is 1. The molecule has 1 atom stereocenters. The lowest BCUT2D eigenvalue weighted by Crippen LogP contribution is -2.36. The molecule has 4 rings (SSSR count). The summed E-state index contributed by atoms with van der Waals surface area (Å²) in [5, 5.41) is 3.56. The molecule has 1 aromatic heterocycles. The Morgan fingerprint density at radius 3 is 2.59 bits per heavy atom. The van der Waals surface area contributed by atoms with Crippen molar-refractivity contribution in [2.24, 2.45) is 0 Å². The Morgan fingerprint density at radius 1 is 1.10 bits per heavy atom. The van der Waals surface area contributed by atoms with Crippen LogP contribution in [0.3, 0.4) is 0 Å². The molecule has 1 aliphatic rings. The molecule has 0 unspecified atom stereocenters. The zero-order chi connectivity index (χ0) is 20.2. The Morgan fingerprint density at radius 2 is 1.83 bits per heavy atom. The number of benzene rings is 2. The Labute approximate surface area is 168 Å². The van der Waals surface area contributed by atoms with Crippen LogP contribution < -0.4 is 10.2 Å². The number of nitrogens with zero attached hydrogens (tertiary/aromatic N) is 1. The third-order valence-corrected chi connectivity index (χ3v) is 4.97. The maximum atomic E-state index is 12.5. The molecule has 29 heavy (non-hydrogen) atoms. The van der Waals surface area contributed by atoms with Gasteiger partial charge >= 0.3 is 5.97 Å². The molecule has 7 heteroatoms. The smallest absolute Gasteiger partial charge is 0.341 e. The summed E-state index contributed by atoms with van der Waals surface area (Å²) in [5.74, 6) is -0.912. The fourth-order valence-corrected chi connectivity index (χ4v) is 3.34. The van der Waals surface area contributed by atoms with Crippen molar-refractivity contribution in [2.75, 3.05) is 36.5 Å². The van der Waals surface area contributed by atoms with Crippen LogP contribution in [-0.4, -0.2) is 49.3 Å². The minimum absolute atomic E-state index is 0.377. The van der Waals surface area contributed by atoms with Crippen LogP contribution in [0.25, 0.3) is 10.9 Å². The van der Waals surface area contributed by atoms with Crippen molar-refractivity contribution in [2.45, 2.75) is 13.0 Å². The lowest BCUT2D eigenvalue weighted by Gasteiger charge is -2.28. The van der Waals surface area contributed by atoms with Crippen molar-refractivity contribution in [1.29, 1.82) is 0 Å². The Balaban J connectivity index is 1.36. The molecule has 0 radical (unpaired) electrons. The van der Waals surface area contributed by atoms with Crippen molar-refractivity contribution in [3.8, 4) is 0 Å². The van der Waals surface area contributed by atoms with Gasteiger partial charge in [-0.05, 0) is 37.3 Å². The molecule has 1 aliphatic heterocycles. The fourth-order valence-electron chi connectivity index (χ4n) is 3.34. The van der Waals surface area contributed by atoms with E-state index in [0.717, 1.165) is 42.9 Å². The third kappa shape index (κ3) is 4.25. The van der Waals surface area contributed by atoms with E-state index in [1.807, 2.05) is 48.5 Å². The van der Waals surface area contributed by atoms with Gasteiger partial charge in [0.2, 0.25) is 0 Å².